The van der Waals surface area contributed by atoms with Crippen LogP contribution in [0, 0.1) is 18.3 Å². The smallest absolute Gasteiger partial charge is 0.265 e. The maximum atomic E-state index is 13.5. The maximum Gasteiger partial charge on any atom is 0.265 e. The molecular weight excluding hydrogens is 386 g/mol. The number of para-hydroxylation sites is 2. The summed E-state index contributed by atoms with van der Waals surface area (Å²) >= 11 is 0. The molecule has 1 N–H and O–H groups in total. The summed E-state index contributed by atoms with van der Waals surface area (Å²) in [6.07, 6.45) is 0. The zero-order chi connectivity index (χ0) is 21.4. The molecule has 5 aromatic rings. The van der Waals surface area contributed by atoms with Gasteiger partial charge in [0.15, 0.2) is 0 Å². The van der Waals surface area contributed by atoms with Gasteiger partial charge in [-0.15, -0.1) is 0 Å². The van der Waals surface area contributed by atoms with E-state index < -0.39 is 0 Å². The Bertz CT molecular complexity index is 1500. The standard InChI is InChI=1S/C26H19N3O2/c1-17-21(15-27)25-28-22-9-5-6-10-23(22)29(25)26(30)24(17)19-11-13-20(14-12-19)31-16-18-7-3-2-4-8-18/h2-14,28H,16H2,1H3. The lowest BCUT2D eigenvalue weighted by atomic mass is 9.99. The van der Waals surface area contributed by atoms with Gasteiger partial charge in [0.2, 0.25) is 0 Å². The molecule has 0 aliphatic carbocycles. The van der Waals surface area contributed by atoms with Crippen LogP contribution in [-0.2, 0) is 6.61 Å². The van der Waals surface area contributed by atoms with E-state index in [4.69, 9.17) is 4.74 Å². The monoisotopic (exact) mass is 405 g/mol. The third kappa shape index (κ3) is 3.15. The van der Waals surface area contributed by atoms with Crippen molar-refractivity contribution >= 4 is 16.7 Å². The van der Waals surface area contributed by atoms with Crippen LogP contribution >= 0.6 is 0 Å². The van der Waals surface area contributed by atoms with E-state index in [0.717, 1.165) is 27.9 Å². The van der Waals surface area contributed by atoms with E-state index in [1.165, 1.54) is 0 Å². The summed E-state index contributed by atoms with van der Waals surface area (Å²) in [6.45, 7) is 2.29. The van der Waals surface area contributed by atoms with Crippen LogP contribution in [0.25, 0.3) is 27.8 Å². The number of aromatic nitrogens is 2. The van der Waals surface area contributed by atoms with Gasteiger partial charge in [0.05, 0.1) is 22.2 Å². The van der Waals surface area contributed by atoms with Gasteiger partial charge in [0.25, 0.3) is 5.56 Å². The van der Waals surface area contributed by atoms with Crippen molar-refractivity contribution in [3.63, 3.8) is 0 Å². The Morgan fingerprint density at radius 3 is 2.42 bits per heavy atom. The Labute approximate surface area is 178 Å². The number of fused-ring (bicyclic) bond motifs is 3. The fraction of sp³-hybridized carbons (Fsp3) is 0.0769. The highest BCUT2D eigenvalue weighted by molar-refractivity contribution is 5.85. The molecular formula is C26H19N3O2. The summed E-state index contributed by atoms with van der Waals surface area (Å²) in [5.74, 6) is 0.721. The molecule has 0 saturated heterocycles. The predicted octanol–water partition coefficient (Wildman–Crippen LogP) is 5.21. The quantitative estimate of drug-likeness (QED) is 0.446. The average Bonchev–Trinajstić information content (AvgIpc) is 3.19. The molecule has 2 heterocycles. The maximum absolute atomic E-state index is 13.5. The predicted molar refractivity (Wildman–Crippen MR) is 121 cm³/mol. The van der Waals surface area contributed by atoms with E-state index in [2.05, 4.69) is 11.1 Å². The Balaban J connectivity index is 1.59. The number of ether oxygens (including phenoxy) is 1. The Hall–Kier alpha value is -4.30. The summed E-state index contributed by atoms with van der Waals surface area (Å²) < 4.78 is 7.46. The van der Waals surface area contributed by atoms with Gasteiger partial charge in [-0.05, 0) is 47.9 Å². The van der Waals surface area contributed by atoms with Crippen LogP contribution in [0.5, 0.6) is 5.75 Å². The number of hydrogen-bond donors (Lipinski definition) is 1. The molecule has 0 fully saturated rings. The first-order valence-corrected chi connectivity index (χ1v) is 10.0. The zero-order valence-corrected chi connectivity index (χ0v) is 16.9. The lowest BCUT2D eigenvalue weighted by Gasteiger charge is -2.11. The van der Waals surface area contributed by atoms with E-state index in [1.807, 2.05) is 85.8 Å². The second-order valence-electron chi connectivity index (χ2n) is 7.42. The SMILES string of the molecule is Cc1c(-c2ccc(OCc3ccccc3)cc2)c(=O)n2c([nH]c3ccccc32)c1C#N. The van der Waals surface area contributed by atoms with Crippen LogP contribution in [-0.4, -0.2) is 9.38 Å². The minimum atomic E-state index is -0.151. The molecule has 0 spiro atoms. The van der Waals surface area contributed by atoms with Crippen LogP contribution in [0.1, 0.15) is 16.7 Å². The molecule has 0 amide bonds. The van der Waals surface area contributed by atoms with Gasteiger partial charge >= 0.3 is 0 Å². The van der Waals surface area contributed by atoms with Crippen molar-refractivity contribution in [1.82, 2.24) is 9.38 Å². The first-order chi connectivity index (χ1) is 15.2. The van der Waals surface area contributed by atoms with Crippen LogP contribution in [0.4, 0.5) is 0 Å². The van der Waals surface area contributed by atoms with Crippen molar-refractivity contribution in [2.75, 3.05) is 0 Å². The summed E-state index contributed by atoms with van der Waals surface area (Å²) in [7, 11) is 0. The van der Waals surface area contributed by atoms with E-state index in [1.54, 1.807) is 4.40 Å². The van der Waals surface area contributed by atoms with Gasteiger partial charge < -0.3 is 9.72 Å². The second kappa shape index (κ2) is 7.51. The van der Waals surface area contributed by atoms with Crippen LogP contribution in [0.15, 0.2) is 83.7 Å². The van der Waals surface area contributed by atoms with E-state index in [-0.39, 0.29) is 5.56 Å². The molecule has 0 radical (unpaired) electrons. The molecule has 0 aliphatic heterocycles. The molecule has 150 valence electrons. The highest BCUT2D eigenvalue weighted by atomic mass is 16.5. The largest absolute Gasteiger partial charge is 0.489 e. The molecule has 5 heteroatoms. The Morgan fingerprint density at radius 1 is 0.968 bits per heavy atom. The lowest BCUT2D eigenvalue weighted by molar-refractivity contribution is 0.306. The molecule has 31 heavy (non-hydrogen) atoms. The Morgan fingerprint density at radius 2 is 1.68 bits per heavy atom. The van der Waals surface area contributed by atoms with E-state index >= 15 is 0 Å². The lowest BCUT2D eigenvalue weighted by Crippen LogP contribution is -2.18. The van der Waals surface area contributed by atoms with Gasteiger partial charge in [-0.1, -0.05) is 54.6 Å². The minimum absolute atomic E-state index is 0.151. The summed E-state index contributed by atoms with van der Waals surface area (Å²) in [5, 5.41) is 9.82. The van der Waals surface area contributed by atoms with Crippen molar-refractivity contribution in [2.45, 2.75) is 13.5 Å². The number of pyridine rings is 1. The van der Waals surface area contributed by atoms with Crippen molar-refractivity contribution in [2.24, 2.45) is 0 Å². The first-order valence-electron chi connectivity index (χ1n) is 10.0. The van der Waals surface area contributed by atoms with Gasteiger partial charge in [0, 0.05) is 0 Å². The molecule has 0 atom stereocenters. The molecule has 5 nitrogen and oxygen atoms in total. The van der Waals surface area contributed by atoms with Gasteiger partial charge in [-0.3, -0.25) is 9.20 Å². The Kier molecular flexibility index (Phi) is 4.53. The molecule has 0 aliphatic rings. The fourth-order valence-corrected chi connectivity index (χ4v) is 3.97. The molecule has 2 aromatic heterocycles. The molecule has 0 unspecified atom stereocenters. The van der Waals surface area contributed by atoms with Crippen LogP contribution in [0.2, 0.25) is 0 Å². The number of imidazole rings is 1. The normalized spacial score (nSPS) is 11.0. The number of aromatic amines is 1. The summed E-state index contributed by atoms with van der Waals surface area (Å²) in [6, 6.07) is 27.2. The number of hydrogen-bond acceptors (Lipinski definition) is 3. The summed E-state index contributed by atoms with van der Waals surface area (Å²) in [4.78, 5) is 16.7. The molecule has 0 bridgehead atoms. The number of nitrogens with zero attached hydrogens (tertiary/aromatic N) is 2. The average molecular weight is 405 g/mol. The van der Waals surface area contributed by atoms with Crippen molar-refractivity contribution in [1.29, 1.82) is 5.26 Å². The van der Waals surface area contributed by atoms with E-state index in [9.17, 15) is 10.1 Å². The minimum Gasteiger partial charge on any atom is -0.489 e. The van der Waals surface area contributed by atoms with Crippen molar-refractivity contribution in [3.05, 3.63) is 106 Å². The van der Waals surface area contributed by atoms with Crippen molar-refractivity contribution < 1.29 is 4.74 Å². The number of H-pyrrole nitrogens is 1. The van der Waals surface area contributed by atoms with Crippen molar-refractivity contribution in [3.8, 4) is 22.9 Å². The number of nitrogens with one attached hydrogen (secondary N) is 1. The van der Waals surface area contributed by atoms with Crippen LogP contribution < -0.4 is 10.3 Å². The number of rotatable bonds is 4. The third-order valence-electron chi connectivity index (χ3n) is 5.53. The first kappa shape index (κ1) is 18.7. The van der Waals surface area contributed by atoms with Gasteiger partial charge in [0.1, 0.15) is 24.1 Å². The fourth-order valence-electron chi connectivity index (χ4n) is 3.97. The third-order valence-corrected chi connectivity index (χ3v) is 5.53. The second-order valence-corrected chi connectivity index (χ2v) is 7.42. The molecule has 3 aromatic carbocycles. The summed E-state index contributed by atoms with van der Waals surface area (Å²) in [5.41, 5.74) is 5.44. The number of benzene rings is 3. The highest BCUT2D eigenvalue weighted by Gasteiger charge is 2.19. The highest BCUT2D eigenvalue weighted by Crippen LogP contribution is 2.28. The van der Waals surface area contributed by atoms with E-state index in [0.29, 0.717) is 28.9 Å². The van der Waals surface area contributed by atoms with Gasteiger partial charge in [-0.25, -0.2) is 0 Å². The topological polar surface area (TPSA) is 70.3 Å². The van der Waals surface area contributed by atoms with Crippen LogP contribution in [0.3, 0.4) is 0 Å². The molecule has 5 rings (SSSR count). The van der Waals surface area contributed by atoms with Gasteiger partial charge in [-0.2, -0.15) is 5.26 Å². The molecule has 0 saturated carbocycles. The number of nitriles is 1. The zero-order valence-electron chi connectivity index (χ0n) is 16.9.